The maximum atomic E-state index is 10.9. The number of carbonyl (C=O) groups excluding carboxylic acids is 1. The monoisotopic (exact) mass is 842 g/mol. The molecule has 1 atom stereocenters. The fraction of sp³-hybridized carbons (Fsp3) is 0.0238. The van der Waals surface area contributed by atoms with Gasteiger partial charge in [-0.15, -0.1) is 0 Å². The van der Waals surface area contributed by atoms with Crippen LogP contribution in [0, 0.1) is 0 Å². The van der Waals surface area contributed by atoms with Crippen molar-refractivity contribution in [2.75, 3.05) is 11.1 Å². The standard InChI is InChI=1S/C21H15Cl2N3O.C9H6ClNO.C7H4Cl2O.C5H6N2/c22-16-7-3-6-14(18(16)23)20(26-17-8-1-2-11-24-17)15-10-9-13-5-4-12-25-19(13)21(15)27;10-7-3-4-8(12)9-6(7)2-1-5-11-9;8-6-3-1-2-5(4-10)7(6)9;6-5-3-1-2-4-7-5/h1-12,20,27H,(H,24,26);1-5,12H;1-4H;1-4H,(H2,6,7). The predicted molar refractivity (Wildman–Crippen MR) is 228 cm³/mol. The molecule has 9 nitrogen and oxygen atoms in total. The van der Waals surface area contributed by atoms with E-state index in [0.717, 1.165) is 16.3 Å². The lowest BCUT2D eigenvalue weighted by atomic mass is 9.96. The minimum Gasteiger partial charge on any atom is -0.506 e. The molecule has 0 saturated carbocycles. The number of halogens is 5. The zero-order valence-electron chi connectivity index (χ0n) is 29.1. The SMILES string of the molecule is Nc1ccccn1.O=Cc1cccc(Cl)c1Cl.Oc1c(C(Nc2ccccn2)c2cccc(Cl)c2Cl)ccc2cccnc12.Oc1ccc(Cl)c2cccnc12. The maximum Gasteiger partial charge on any atom is 0.151 e. The molecule has 4 aromatic heterocycles. The third kappa shape index (κ3) is 10.8. The van der Waals surface area contributed by atoms with Crippen molar-refractivity contribution >= 4 is 97.7 Å². The van der Waals surface area contributed by atoms with Crippen molar-refractivity contribution < 1.29 is 15.0 Å². The van der Waals surface area contributed by atoms with Crippen LogP contribution in [-0.2, 0) is 0 Å². The number of nitrogen functional groups attached to an aromatic ring is 1. The minimum atomic E-state index is -0.461. The van der Waals surface area contributed by atoms with E-state index in [0.29, 0.717) is 65.2 Å². The molecule has 0 aliphatic rings. The van der Waals surface area contributed by atoms with Crippen molar-refractivity contribution in [3.05, 3.63) is 188 Å². The van der Waals surface area contributed by atoms with Crippen molar-refractivity contribution in [2.45, 2.75) is 6.04 Å². The Kier molecular flexibility index (Phi) is 15.0. The van der Waals surface area contributed by atoms with E-state index in [1.165, 1.54) is 6.07 Å². The first-order valence-electron chi connectivity index (χ1n) is 16.5. The lowest BCUT2D eigenvalue weighted by Crippen LogP contribution is -2.14. The number of aldehydes is 1. The number of carbonyl (C=O) groups is 1. The first kappa shape index (κ1) is 41.5. The third-order valence-electron chi connectivity index (χ3n) is 7.83. The second kappa shape index (κ2) is 20.3. The number of aromatic nitrogens is 4. The van der Waals surface area contributed by atoms with E-state index < -0.39 is 6.04 Å². The van der Waals surface area contributed by atoms with Gasteiger partial charge in [-0.05, 0) is 72.3 Å². The van der Waals surface area contributed by atoms with Crippen LogP contribution in [-0.4, -0.2) is 36.4 Å². The first-order valence-corrected chi connectivity index (χ1v) is 18.4. The zero-order chi connectivity index (χ0) is 40.0. The summed E-state index contributed by atoms with van der Waals surface area (Å²) >= 11 is 29.8. The number of anilines is 2. The Morgan fingerprint density at radius 2 is 1.23 bits per heavy atom. The molecular formula is C42H31Cl5N6O3. The fourth-order valence-electron chi connectivity index (χ4n) is 5.15. The zero-order valence-corrected chi connectivity index (χ0v) is 32.8. The number of fused-ring (bicyclic) bond motifs is 2. The number of hydrogen-bond acceptors (Lipinski definition) is 9. The Labute approximate surface area is 347 Å². The highest BCUT2D eigenvalue weighted by atomic mass is 35.5. The summed E-state index contributed by atoms with van der Waals surface area (Å²) in [6.45, 7) is 0. The number of benzene rings is 4. The van der Waals surface area contributed by atoms with Crippen LogP contribution in [0.2, 0.25) is 25.1 Å². The van der Waals surface area contributed by atoms with Gasteiger partial charge >= 0.3 is 0 Å². The molecule has 0 aliphatic heterocycles. The third-order valence-corrected chi connectivity index (χ3v) is 9.83. The quantitative estimate of drug-likeness (QED) is 0.124. The average Bonchev–Trinajstić information content (AvgIpc) is 3.22. The molecule has 4 heterocycles. The van der Waals surface area contributed by atoms with Crippen LogP contribution < -0.4 is 11.1 Å². The van der Waals surface area contributed by atoms with E-state index in [-0.39, 0.29) is 11.5 Å². The van der Waals surface area contributed by atoms with Gasteiger partial charge in [0.25, 0.3) is 0 Å². The second-order valence-corrected chi connectivity index (χ2v) is 13.5. The van der Waals surface area contributed by atoms with E-state index in [1.807, 2.05) is 72.8 Å². The topological polar surface area (TPSA) is 147 Å². The summed E-state index contributed by atoms with van der Waals surface area (Å²) in [6.07, 6.45) is 7.31. The number of phenols is 2. The number of rotatable bonds is 5. The predicted octanol–water partition coefficient (Wildman–Crippen LogP) is 11.9. The Hall–Kier alpha value is -5.68. The van der Waals surface area contributed by atoms with Crippen LogP contribution in [0.1, 0.15) is 27.5 Å². The summed E-state index contributed by atoms with van der Waals surface area (Å²) in [5, 5.41) is 27.5. The molecule has 0 radical (unpaired) electrons. The number of phenolic OH excluding ortho intramolecular Hbond substituents is 2. The van der Waals surface area contributed by atoms with Gasteiger partial charge in [0.05, 0.1) is 31.2 Å². The molecule has 5 N–H and O–H groups in total. The average molecular weight is 845 g/mol. The molecule has 56 heavy (non-hydrogen) atoms. The fourth-order valence-corrected chi connectivity index (χ4v) is 6.14. The second-order valence-electron chi connectivity index (χ2n) is 11.5. The van der Waals surface area contributed by atoms with Gasteiger partial charge in [0.2, 0.25) is 0 Å². The highest BCUT2D eigenvalue weighted by Crippen LogP contribution is 2.40. The number of nitrogens with one attached hydrogen (secondary N) is 1. The Bertz CT molecular complexity index is 2510. The highest BCUT2D eigenvalue weighted by molar-refractivity contribution is 6.43. The van der Waals surface area contributed by atoms with Gasteiger partial charge in [-0.3, -0.25) is 14.8 Å². The first-order chi connectivity index (χ1) is 27.1. The molecule has 8 rings (SSSR count). The highest BCUT2D eigenvalue weighted by Gasteiger charge is 2.23. The van der Waals surface area contributed by atoms with Crippen molar-refractivity contribution in [1.82, 2.24) is 19.9 Å². The lowest BCUT2D eigenvalue weighted by molar-refractivity contribution is 0.112. The molecule has 282 valence electrons. The number of nitrogens with two attached hydrogens (primary N) is 1. The summed E-state index contributed by atoms with van der Waals surface area (Å²) in [7, 11) is 0. The minimum absolute atomic E-state index is 0.0950. The molecule has 0 bridgehead atoms. The normalized spacial score (nSPS) is 10.8. The molecule has 8 aromatic rings. The Balaban J connectivity index is 0.000000169. The van der Waals surface area contributed by atoms with Gasteiger partial charge in [0.15, 0.2) is 6.29 Å². The van der Waals surface area contributed by atoms with Gasteiger partial charge in [0.1, 0.15) is 34.2 Å². The van der Waals surface area contributed by atoms with E-state index in [9.17, 15) is 15.0 Å². The van der Waals surface area contributed by atoms with Crippen LogP contribution in [0.4, 0.5) is 11.6 Å². The summed E-state index contributed by atoms with van der Waals surface area (Å²) < 4.78 is 0. The van der Waals surface area contributed by atoms with E-state index in [1.54, 1.807) is 67.3 Å². The van der Waals surface area contributed by atoms with Crippen molar-refractivity contribution in [1.29, 1.82) is 0 Å². The molecule has 0 saturated heterocycles. The summed E-state index contributed by atoms with van der Waals surface area (Å²) in [6, 6.07) is 35.2. The van der Waals surface area contributed by atoms with Crippen LogP contribution in [0.3, 0.4) is 0 Å². The molecule has 1 unspecified atom stereocenters. The van der Waals surface area contributed by atoms with Gasteiger partial charge in [0, 0.05) is 46.7 Å². The van der Waals surface area contributed by atoms with E-state index >= 15 is 0 Å². The maximum absolute atomic E-state index is 10.9. The van der Waals surface area contributed by atoms with Crippen molar-refractivity contribution in [3.8, 4) is 11.5 Å². The van der Waals surface area contributed by atoms with Gasteiger partial charge in [-0.2, -0.15) is 0 Å². The largest absolute Gasteiger partial charge is 0.506 e. The van der Waals surface area contributed by atoms with E-state index in [2.05, 4.69) is 25.3 Å². The summed E-state index contributed by atoms with van der Waals surface area (Å²) in [5.41, 5.74) is 8.12. The van der Waals surface area contributed by atoms with Crippen molar-refractivity contribution in [3.63, 3.8) is 0 Å². The van der Waals surface area contributed by atoms with Crippen LogP contribution >= 0.6 is 58.0 Å². The summed E-state index contributed by atoms with van der Waals surface area (Å²) in [4.78, 5) is 26.6. The molecule has 0 amide bonds. The number of hydrogen-bond donors (Lipinski definition) is 4. The number of nitrogens with zero attached hydrogens (tertiary/aromatic N) is 4. The molecule has 14 heteroatoms. The molecule has 4 aromatic carbocycles. The van der Waals surface area contributed by atoms with Gasteiger partial charge in [-0.25, -0.2) is 9.97 Å². The summed E-state index contributed by atoms with van der Waals surface area (Å²) in [5.74, 6) is 1.48. The number of aromatic hydroxyl groups is 2. The number of pyridine rings is 4. The van der Waals surface area contributed by atoms with Crippen LogP contribution in [0.25, 0.3) is 21.8 Å². The molecule has 0 spiro atoms. The van der Waals surface area contributed by atoms with Gasteiger partial charge < -0.3 is 21.3 Å². The molecule has 0 aliphatic carbocycles. The van der Waals surface area contributed by atoms with E-state index in [4.69, 9.17) is 63.7 Å². The molecular weight excluding hydrogens is 814 g/mol. The van der Waals surface area contributed by atoms with Crippen molar-refractivity contribution in [2.24, 2.45) is 0 Å². The van der Waals surface area contributed by atoms with Crippen LogP contribution in [0.5, 0.6) is 11.5 Å². The van der Waals surface area contributed by atoms with Crippen LogP contribution in [0.15, 0.2) is 146 Å². The lowest BCUT2D eigenvalue weighted by Gasteiger charge is -2.23. The van der Waals surface area contributed by atoms with Gasteiger partial charge in [-0.1, -0.05) is 113 Å². The molecule has 0 fully saturated rings. The Morgan fingerprint density at radius 3 is 1.86 bits per heavy atom. The Morgan fingerprint density at radius 1 is 0.571 bits per heavy atom. The smallest absolute Gasteiger partial charge is 0.151 e.